The fraction of sp³-hybridized carbons (Fsp3) is 0.500. The second kappa shape index (κ2) is 5.22. The van der Waals surface area contributed by atoms with Crippen LogP contribution in [0.5, 0.6) is 0 Å². The summed E-state index contributed by atoms with van der Waals surface area (Å²) in [6.07, 6.45) is 0.701. The maximum Gasteiger partial charge on any atom is 0.184 e. The van der Waals surface area contributed by atoms with Crippen molar-refractivity contribution >= 4 is 16.1 Å². The molecule has 0 radical (unpaired) electrons. The van der Waals surface area contributed by atoms with E-state index >= 15 is 0 Å². The average Bonchev–Trinajstić information content (AvgIpc) is 2.29. The molecule has 0 N–H and O–H groups in total. The Morgan fingerprint density at radius 3 is 2.11 bits per heavy atom. The van der Waals surface area contributed by atoms with E-state index in [4.69, 9.17) is 0 Å². The highest BCUT2D eigenvalue weighted by atomic mass is 32.2. The van der Waals surface area contributed by atoms with Gasteiger partial charge in [0.2, 0.25) is 0 Å². The molecular formula is C14H20O3S. The molecule has 0 aliphatic rings. The first-order chi connectivity index (χ1) is 8.25. The molecule has 3 nitrogen and oxygen atoms in total. The Morgan fingerprint density at radius 2 is 1.72 bits per heavy atom. The minimum atomic E-state index is -3.51. The van der Waals surface area contributed by atoms with Crippen molar-refractivity contribution in [2.75, 3.05) is 0 Å². The van der Waals surface area contributed by atoms with Crippen LogP contribution in [0.2, 0.25) is 0 Å². The van der Waals surface area contributed by atoms with Gasteiger partial charge in [-0.25, -0.2) is 8.42 Å². The molecule has 1 aromatic rings. The molecule has 100 valence electrons. The molecule has 0 heterocycles. The van der Waals surface area contributed by atoms with Crippen molar-refractivity contribution in [3.8, 4) is 0 Å². The molecule has 0 bridgehead atoms. The smallest absolute Gasteiger partial charge is 0.184 e. The Kier molecular flexibility index (Phi) is 4.32. The predicted octanol–water partition coefficient (Wildman–Crippen LogP) is 2.77. The molecule has 0 amide bonds. The molecule has 0 aromatic heterocycles. The van der Waals surface area contributed by atoms with Crippen LogP contribution in [0, 0.1) is 12.8 Å². The Hall–Kier alpha value is -1.16. The van der Waals surface area contributed by atoms with Crippen molar-refractivity contribution in [2.45, 2.75) is 43.8 Å². The van der Waals surface area contributed by atoms with E-state index in [-0.39, 0.29) is 17.2 Å². The van der Waals surface area contributed by atoms with Gasteiger partial charge in [0, 0.05) is 6.42 Å². The van der Waals surface area contributed by atoms with Gasteiger partial charge >= 0.3 is 0 Å². The van der Waals surface area contributed by atoms with Crippen molar-refractivity contribution in [1.82, 2.24) is 0 Å². The Morgan fingerprint density at radius 1 is 1.22 bits per heavy atom. The van der Waals surface area contributed by atoms with Crippen molar-refractivity contribution in [3.05, 3.63) is 29.8 Å². The lowest BCUT2D eigenvalue weighted by Gasteiger charge is -2.31. The summed E-state index contributed by atoms with van der Waals surface area (Å²) in [6, 6.07) is 6.76. The van der Waals surface area contributed by atoms with E-state index in [9.17, 15) is 13.2 Å². The highest BCUT2D eigenvalue weighted by Gasteiger charge is 2.42. The number of sulfone groups is 1. The molecule has 0 saturated carbocycles. The number of carbonyl (C=O) groups is 1. The van der Waals surface area contributed by atoms with Crippen LogP contribution in [0.25, 0.3) is 0 Å². The van der Waals surface area contributed by atoms with Crippen molar-refractivity contribution < 1.29 is 13.2 Å². The summed E-state index contributed by atoms with van der Waals surface area (Å²) in [5.74, 6) is -0.131. The van der Waals surface area contributed by atoms with Crippen LogP contribution in [0.3, 0.4) is 0 Å². The molecule has 0 fully saturated rings. The molecule has 1 rings (SSSR count). The van der Waals surface area contributed by atoms with Gasteiger partial charge in [-0.2, -0.15) is 0 Å². The molecule has 4 heteroatoms. The topological polar surface area (TPSA) is 51.2 Å². The van der Waals surface area contributed by atoms with Crippen LogP contribution in [-0.2, 0) is 14.6 Å². The SMILES string of the molecule is Cc1ccc(S(=O)(=O)C(C)(CC=O)C(C)C)cc1. The number of aryl methyl sites for hydroxylation is 1. The second-order valence-corrected chi connectivity index (χ2v) is 7.57. The minimum absolute atomic E-state index is 0.0148. The fourth-order valence-electron chi connectivity index (χ4n) is 1.81. The van der Waals surface area contributed by atoms with Crippen molar-refractivity contribution in [2.24, 2.45) is 5.92 Å². The minimum Gasteiger partial charge on any atom is -0.303 e. The lowest BCUT2D eigenvalue weighted by molar-refractivity contribution is -0.108. The summed E-state index contributed by atoms with van der Waals surface area (Å²) in [7, 11) is -3.51. The number of hydrogen-bond acceptors (Lipinski definition) is 3. The van der Waals surface area contributed by atoms with Gasteiger partial charge in [-0.3, -0.25) is 0 Å². The van der Waals surface area contributed by atoms with Gasteiger partial charge in [-0.05, 0) is 31.9 Å². The zero-order chi connectivity index (χ0) is 14.0. The van der Waals surface area contributed by atoms with E-state index in [0.717, 1.165) is 5.56 Å². The molecule has 18 heavy (non-hydrogen) atoms. The standard InChI is InChI=1S/C14H20O3S/c1-11(2)14(4,9-10-15)18(16,17)13-7-5-12(3)6-8-13/h5-8,10-11H,9H2,1-4H3. The summed E-state index contributed by atoms with van der Waals surface area (Å²) < 4.78 is 24.2. The van der Waals surface area contributed by atoms with E-state index in [1.54, 1.807) is 31.2 Å². The largest absolute Gasteiger partial charge is 0.303 e. The number of hydrogen-bond donors (Lipinski definition) is 0. The first-order valence-corrected chi connectivity index (χ1v) is 7.49. The molecule has 0 spiro atoms. The van der Waals surface area contributed by atoms with Gasteiger partial charge in [-0.15, -0.1) is 0 Å². The fourth-order valence-corrected chi connectivity index (χ4v) is 3.75. The zero-order valence-electron chi connectivity index (χ0n) is 11.3. The van der Waals surface area contributed by atoms with Crippen molar-refractivity contribution in [3.63, 3.8) is 0 Å². The van der Waals surface area contributed by atoms with E-state index in [0.29, 0.717) is 6.29 Å². The van der Waals surface area contributed by atoms with E-state index in [1.807, 2.05) is 20.8 Å². The lowest BCUT2D eigenvalue weighted by atomic mass is 9.94. The molecule has 1 atom stereocenters. The first kappa shape index (κ1) is 14.9. The van der Waals surface area contributed by atoms with Gasteiger partial charge in [0.05, 0.1) is 9.64 Å². The third-order valence-electron chi connectivity index (χ3n) is 3.66. The quantitative estimate of drug-likeness (QED) is 0.772. The maximum absolute atomic E-state index is 12.6. The maximum atomic E-state index is 12.6. The van der Waals surface area contributed by atoms with E-state index in [2.05, 4.69) is 0 Å². The Bertz CT molecular complexity index is 514. The molecule has 1 aromatic carbocycles. The summed E-state index contributed by atoms with van der Waals surface area (Å²) in [4.78, 5) is 11.1. The molecule has 0 aliphatic heterocycles. The second-order valence-electron chi connectivity index (χ2n) is 5.15. The van der Waals surface area contributed by atoms with Crippen LogP contribution in [0.4, 0.5) is 0 Å². The zero-order valence-corrected chi connectivity index (χ0v) is 12.1. The highest BCUT2D eigenvalue weighted by Crippen LogP contribution is 2.34. The van der Waals surface area contributed by atoms with Crippen LogP contribution in [0.1, 0.15) is 32.8 Å². The monoisotopic (exact) mass is 268 g/mol. The van der Waals surface area contributed by atoms with E-state index in [1.165, 1.54) is 0 Å². The summed E-state index contributed by atoms with van der Waals surface area (Å²) in [6.45, 7) is 7.20. The lowest BCUT2D eigenvalue weighted by Crippen LogP contribution is -2.41. The Balaban J connectivity index is 3.34. The summed E-state index contributed by atoms with van der Waals surface area (Å²) in [5, 5.41) is 0. The van der Waals surface area contributed by atoms with Gasteiger partial charge in [-0.1, -0.05) is 31.5 Å². The van der Waals surface area contributed by atoms with Crippen LogP contribution < -0.4 is 0 Å². The van der Waals surface area contributed by atoms with Crippen molar-refractivity contribution in [1.29, 1.82) is 0 Å². The Labute approximate surface area is 109 Å². The molecule has 0 saturated heterocycles. The predicted molar refractivity (Wildman–Crippen MR) is 72.3 cm³/mol. The van der Waals surface area contributed by atoms with Gasteiger partial charge in [0.15, 0.2) is 9.84 Å². The number of carbonyl (C=O) groups excluding carboxylic acids is 1. The number of benzene rings is 1. The van der Waals surface area contributed by atoms with Crippen LogP contribution in [0.15, 0.2) is 29.2 Å². The normalized spacial score (nSPS) is 15.4. The molecular weight excluding hydrogens is 248 g/mol. The third kappa shape index (κ3) is 2.48. The summed E-state index contributed by atoms with van der Waals surface area (Å²) >= 11 is 0. The van der Waals surface area contributed by atoms with Gasteiger partial charge in [0.25, 0.3) is 0 Å². The first-order valence-electron chi connectivity index (χ1n) is 6.00. The van der Waals surface area contributed by atoms with E-state index < -0.39 is 14.6 Å². The van der Waals surface area contributed by atoms with Gasteiger partial charge < -0.3 is 4.79 Å². The van der Waals surface area contributed by atoms with Gasteiger partial charge in [0.1, 0.15) is 6.29 Å². The highest BCUT2D eigenvalue weighted by molar-refractivity contribution is 7.92. The summed E-state index contributed by atoms with van der Waals surface area (Å²) in [5.41, 5.74) is 1.01. The number of rotatable bonds is 5. The number of aldehydes is 1. The molecule has 0 aliphatic carbocycles. The third-order valence-corrected chi connectivity index (χ3v) is 6.41. The molecule has 1 unspecified atom stereocenters. The van der Waals surface area contributed by atoms with Crippen LogP contribution in [-0.4, -0.2) is 19.5 Å². The average molecular weight is 268 g/mol. The van der Waals surface area contributed by atoms with Crippen LogP contribution >= 0.6 is 0 Å².